The molecule has 0 aliphatic heterocycles. The molecule has 0 heterocycles. The summed E-state index contributed by atoms with van der Waals surface area (Å²) in [5.74, 6) is 0. The zero-order chi connectivity index (χ0) is 13.8. The van der Waals surface area contributed by atoms with Crippen molar-refractivity contribution in [3.8, 4) is 0 Å². The van der Waals surface area contributed by atoms with Crippen LogP contribution >= 0.6 is 11.8 Å². The number of carbonyl (C=O) groups excluding carboxylic acids is 1. The van der Waals surface area contributed by atoms with Gasteiger partial charge in [0.2, 0.25) is 0 Å². The molecule has 0 bridgehead atoms. The fourth-order valence-electron chi connectivity index (χ4n) is 1.46. The number of hydrogen-bond donors (Lipinski definition) is 1. The number of thioether (sulfide) groups is 1. The minimum absolute atomic E-state index is 0.0595. The molecule has 1 atom stereocenters. The normalized spacial score (nSPS) is 12.9. The van der Waals surface area contributed by atoms with Crippen LogP contribution < -0.4 is 5.32 Å². The van der Waals surface area contributed by atoms with E-state index in [4.69, 9.17) is 4.74 Å². The second-order valence-corrected chi connectivity index (χ2v) is 6.02. The van der Waals surface area contributed by atoms with Gasteiger partial charge in [-0.05, 0) is 51.6 Å². The van der Waals surface area contributed by atoms with Gasteiger partial charge in [-0.1, -0.05) is 12.1 Å². The lowest BCUT2D eigenvalue weighted by molar-refractivity contribution is 0.0508. The van der Waals surface area contributed by atoms with E-state index >= 15 is 0 Å². The predicted molar refractivity (Wildman–Crippen MR) is 76.0 cm³/mol. The Morgan fingerprint density at radius 2 is 1.83 bits per heavy atom. The molecule has 1 aromatic rings. The van der Waals surface area contributed by atoms with Crippen LogP contribution in [0.1, 0.15) is 39.3 Å². The van der Waals surface area contributed by atoms with Gasteiger partial charge in [0.25, 0.3) is 0 Å². The van der Waals surface area contributed by atoms with E-state index in [1.165, 1.54) is 4.90 Å². The summed E-state index contributed by atoms with van der Waals surface area (Å²) in [5.41, 5.74) is 0.602. The van der Waals surface area contributed by atoms with Crippen molar-refractivity contribution in [2.45, 2.75) is 44.2 Å². The monoisotopic (exact) mass is 267 g/mol. The molecular weight excluding hydrogens is 246 g/mol. The number of nitrogens with one attached hydrogen (secondary N) is 1. The van der Waals surface area contributed by atoms with Gasteiger partial charge in [0.05, 0.1) is 6.04 Å². The average Bonchev–Trinajstić information content (AvgIpc) is 2.26. The van der Waals surface area contributed by atoms with Crippen molar-refractivity contribution in [1.29, 1.82) is 0 Å². The summed E-state index contributed by atoms with van der Waals surface area (Å²) in [4.78, 5) is 12.8. The molecule has 0 spiro atoms. The van der Waals surface area contributed by atoms with E-state index in [1.807, 2.05) is 58.2 Å². The molecule has 0 fully saturated rings. The first kappa shape index (κ1) is 14.9. The van der Waals surface area contributed by atoms with Crippen molar-refractivity contribution >= 4 is 17.9 Å². The van der Waals surface area contributed by atoms with E-state index in [2.05, 4.69) is 5.32 Å². The lowest BCUT2D eigenvalue weighted by Gasteiger charge is -2.22. The minimum Gasteiger partial charge on any atom is -0.444 e. The summed E-state index contributed by atoms with van der Waals surface area (Å²) in [6, 6.07) is 8.08. The van der Waals surface area contributed by atoms with Crippen LogP contribution in [-0.4, -0.2) is 18.0 Å². The molecule has 4 heteroatoms. The maximum atomic E-state index is 11.6. The molecule has 1 aromatic carbocycles. The van der Waals surface area contributed by atoms with E-state index in [-0.39, 0.29) is 12.1 Å². The van der Waals surface area contributed by atoms with Crippen molar-refractivity contribution in [2.24, 2.45) is 0 Å². The van der Waals surface area contributed by atoms with Gasteiger partial charge in [-0.15, -0.1) is 11.8 Å². The van der Waals surface area contributed by atoms with Crippen LogP contribution in [0.2, 0.25) is 0 Å². The summed E-state index contributed by atoms with van der Waals surface area (Å²) < 4.78 is 5.22. The second kappa shape index (κ2) is 6.14. The Balaban J connectivity index is 2.59. The summed E-state index contributed by atoms with van der Waals surface area (Å²) in [5, 5.41) is 2.82. The van der Waals surface area contributed by atoms with Crippen molar-refractivity contribution in [3.05, 3.63) is 29.8 Å². The third-order valence-electron chi connectivity index (χ3n) is 2.35. The summed E-state index contributed by atoms with van der Waals surface area (Å²) in [6.07, 6.45) is 1.65. The van der Waals surface area contributed by atoms with E-state index in [0.29, 0.717) is 0 Å². The molecule has 18 heavy (non-hydrogen) atoms. The lowest BCUT2D eigenvalue weighted by atomic mass is 10.1. The molecule has 1 N–H and O–H groups in total. The predicted octanol–water partition coefficient (Wildman–Crippen LogP) is 3.99. The molecule has 0 aromatic heterocycles. The van der Waals surface area contributed by atoms with Crippen molar-refractivity contribution in [2.75, 3.05) is 6.26 Å². The summed E-state index contributed by atoms with van der Waals surface area (Å²) in [7, 11) is 0. The molecule has 0 aliphatic carbocycles. The molecule has 3 nitrogen and oxygen atoms in total. The Labute approximate surface area is 113 Å². The van der Waals surface area contributed by atoms with Crippen molar-refractivity contribution in [3.63, 3.8) is 0 Å². The standard InChI is InChI=1S/C14H21NO2S/c1-10(15-13(16)17-14(2,3)4)11-6-8-12(18-5)9-7-11/h6-10H,1-5H3,(H,15,16). The highest BCUT2D eigenvalue weighted by Gasteiger charge is 2.18. The molecule has 0 saturated heterocycles. The highest BCUT2D eigenvalue weighted by atomic mass is 32.2. The van der Waals surface area contributed by atoms with Crippen LogP contribution in [0.15, 0.2) is 29.2 Å². The SMILES string of the molecule is CSc1ccc(C(C)NC(=O)OC(C)(C)C)cc1. The van der Waals surface area contributed by atoms with E-state index in [9.17, 15) is 4.79 Å². The Hall–Kier alpha value is -1.16. The summed E-state index contributed by atoms with van der Waals surface area (Å²) >= 11 is 1.70. The molecule has 1 unspecified atom stereocenters. The Kier molecular flexibility index (Phi) is 5.08. The van der Waals surface area contributed by atoms with Gasteiger partial charge in [0.15, 0.2) is 0 Å². The number of benzene rings is 1. The quantitative estimate of drug-likeness (QED) is 0.841. The van der Waals surface area contributed by atoms with Gasteiger partial charge >= 0.3 is 6.09 Å². The van der Waals surface area contributed by atoms with E-state index in [1.54, 1.807) is 11.8 Å². The molecule has 1 amide bonds. The minimum atomic E-state index is -0.466. The van der Waals surface area contributed by atoms with Crippen LogP contribution in [0.25, 0.3) is 0 Å². The fraction of sp³-hybridized carbons (Fsp3) is 0.500. The van der Waals surface area contributed by atoms with Gasteiger partial charge in [-0.25, -0.2) is 4.79 Å². The molecule has 0 aliphatic rings. The first-order valence-electron chi connectivity index (χ1n) is 5.95. The second-order valence-electron chi connectivity index (χ2n) is 5.14. The van der Waals surface area contributed by atoms with E-state index in [0.717, 1.165) is 5.56 Å². The van der Waals surface area contributed by atoms with Crippen LogP contribution in [0.5, 0.6) is 0 Å². The lowest BCUT2D eigenvalue weighted by Crippen LogP contribution is -2.34. The molecule has 1 rings (SSSR count). The highest BCUT2D eigenvalue weighted by Crippen LogP contribution is 2.19. The number of hydrogen-bond acceptors (Lipinski definition) is 3. The largest absolute Gasteiger partial charge is 0.444 e. The Morgan fingerprint density at radius 1 is 1.28 bits per heavy atom. The smallest absolute Gasteiger partial charge is 0.408 e. The van der Waals surface area contributed by atoms with Crippen molar-refractivity contribution < 1.29 is 9.53 Å². The van der Waals surface area contributed by atoms with Crippen molar-refractivity contribution in [1.82, 2.24) is 5.32 Å². The zero-order valence-electron chi connectivity index (χ0n) is 11.6. The topological polar surface area (TPSA) is 38.3 Å². The first-order valence-corrected chi connectivity index (χ1v) is 7.18. The number of carbonyl (C=O) groups is 1. The first-order chi connectivity index (χ1) is 8.31. The molecule has 0 radical (unpaired) electrons. The third-order valence-corrected chi connectivity index (χ3v) is 3.09. The maximum Gasteiger partial charge on any atom is 0.408 e. The van der Waals surface area contributed by atoms with Gasteiger partial charge in [-0.3, -0.25) is 0 Å². The highest BCUT2D eigenvalue weighted by molar-refractivity contribution is 7.98. The maximum absolute atomic E-state index is 11.6. The number of ether oxygens (including phenoxy) is 1. The van der Waals surface area contributed by atoms with E-state index < -0.39 is 5.60 Å². The van der Waals surface area contributed by atoms with Gasteiger partial charge in [0, 0.05) is 4.90 Å². The Morgan fingerprint density at radius 3 is 2.28 bits per heavy atom. The van der Waals surface area contributed by atoms with Gasteiger partial charge in [-0.2, -0.15) is 0 Å². The van der Waals surface area contributed by atoms with Gasteiger partial charge < -0.3 is 10.1 Å². The summed E-state index contributed by atoms with van der Waals surface area (Å²) in [6.45, 7) is 7.50. The Bertz CT molecular complexity index is 395. The zero-order valence-corrected chi connectivity index (χ0v) is 12.4. The number of alkyl carbamates (subject to hydrolysis) is 1. The molecule has 100 valence electrons. The van der Waals surface area contributed by atoms with Crippen LogP contribution in [0.4, 0.5) is 4.79 Å². The molecular formula is C14H21NO2S. The molecule has 0 saturated carbocycles. The van der Waals surface area contributed by atoms with Gasteiger partial charge in [0.1, 0.15) is 5.60 Å². The van der Waals surface area contributed by atoms with Crippen LogP contribution in [0, 0.1) is 0 Å². The van der Waals surface area contributed by atoms with Crippen LogP contribution in [0.3, 0.4) is 0 Å². The number of amides is 1. The third kappa shape index (κ3) is 5.00. The van der Waals surface area contributed by atoms with Crippen LogP contribution in [-0.2, 0) is 4.74 Å². The number of rotatable bonds is 3. The average molecular weight is 267 g/mol. The fourth-order valence-corrected chi connectivity index (χ4v) is 1.87.